The minimum absolute atomic E-state index is 0.163. The molecule has 1 aromatic rings. The molecule has 0 aliphatic carbocycles. The molecule has 0 unspecified atom stereocenters. The number of hydrogen-bond donors (Lipinski definition) is 2. The molecule has 0 heterocycles. The highest BCUT2D eigenvalue weighted by Gasteiger charge is 1.98. The van der Waals surface area contributed by atoms with Crippen molar-refractivity contribution in [3.05, 3.63) is 24.3 Å². The van der Waals surface area contributed by atoms with Crippen LogP contribution in [0.4, 0.5) is 0 Å². The molecule has 0 spiro atoms. The van der Waals surface area contributed by atoms with Crippen LogP contribution in [0, 0.1) is 0 Å². The van der Waals surface area contributed by atoms with Gasteiger partial charge in [-0.1, -0.05) is 0 Å². The Balaban J connectivity index is 2.15. The van der Waals surface area contributed by atoms with Crippen LogP contribution in [0.25, 0.3) is 0 Å². The molecule has 82 valence electrons. The predicted molar refractivity (Wildman–Crippen MR) is 63.8 cm³/mol. The highest BCUT2D eigenvalue weighted by atomic mass is 32.2. The highest BCUT2D eigenvalue weighted by molar-refractivity contribution is 8.03. The number of benzene rings is 1. The first-order valence-corrected chi connectivity index (χ1v) is 6.54. The lowest BCUT2D eigenvalue weighted by Gasteiger charge is -2.00. The largest absolute Gasteiger partial charge is 0.508 e. The molecule has 0 atom stereocenters. The van der Waals surface area contributed by atoms with Gasteiger partial charge in [-0.3, -0.25) is 4.79 Å². The second-order valence-electron chi connectivity index (χ2n) is 2.79. The average molecular weight is 244 g/mol. The summed E-state index contributed by atoms with van der Waals surface area (Å²) in [5, 5.41) is 17.5. The van der Waals surface area contributed by atoms with Crippen molar-refractivity contribution >= 4 is 29.5 Å². The zero-order chi connectivity index (χ0) is 11.1. The van der Waals surface area contributed by atoms with E-state index in [0.29, 0.717) is 0 Å². The Labute approximate surface area is 96.9 Å². The molecule has 0 amide bonds. The van der Waals surface area contributed by atoms with Gasteiger partial charge < -0.3 is 10.2 Å². The second-order valence-corrected chi connectivity index (χ2v) is 5.06. The Morgan fingerprint density at radius 2 is 1.87 bits per heavy atom. The normalized spacial score (nSPS) is 10.1. The monoisotopic (exact) mass is 244 g/mol. The summed E-state index contributed by atoms with van der Waals surface area (Å²) in [4.78, 5) is 11.3. The van der Waals surface area contributed by atoms with E-state index in [1.807, 2.05) is 12.1 Å². The predicted octanol–water partition coefficient (Wildman–Crippen LogP) is 2.30. The minimum atomic E-state index is -0.769. The standard InChI is InChI=1S/C10H12O3S2/c11-8-1-3-9(4-2-8)15-6-5-14-7-10(12)13/h1-4,11H,5-7H2,(H,12,13). The molecular formula is C10H12O3S2. The van der Waals surface area contributed by atoms with E-state index in [1.165, 1.54) is 11.8 Å². The highest BCUT2D eigenvalue weighted by Crippen LogP contribution is 2.21. The van der Waals surface area contributed by atoms with Gasteiger partial charge in [0.15, 0.2) is 0 Å². The average Bonchev–Trinajstić information content (AvgIpc) is 2.20. The van der Waals surface area contributed by atoms with Crippen LogP contribution < -0.4 is 0 Å². The van der Waals surface area contributed by atoms with Crippen molar-refractivity contribution in [3.8, 4) is 5.75 Å². The molecule has 1 aromatic carbocycles. The van der Waals surface area contributed by atoms with Crippen LogP contribution in [-0.2, 0) is 4.79 Å². The van der Waals surface area contributed by atoms with Crippen LogP contribution in [-0.4, -0.2) is 33.4 Å². The first kappa shape index (κ1) is 12.3. The number of phenols is 1. The molecule has 1 rings (SSSR count). The van der Waals surface area contributed by atoms with Crippen LogP contribution in [0.1, 0.15) is 0 Å². The molecule has 2 N–H and O–H groups in total. The lowest BCUT2D eigenvalue weighted by atomic mass is 10.3. The third-order valence-corrected chi connectivity index (χ3v) is 3.77. The number of thioether (sulfide) groups is 2. The Hall–Kier alpha value is -0.810. The van der Waals surface area contributed by atoms with E-state index >= 15 is 0 Å². The molecule has 0 radical (unpaired) electrons. The van der Waals surface area contributed by atoms with Crippen molar-refractivity contribution in [1.82, 2.24) is 0 Å². The summed E-state index contributed by atoms with van der Waals surface area (Å²) in [6.45, 7) is 0. The Morgan fingerprint density at radius 3 is 2.47 bits per heavy atom. The van der Waals surface area contributed by atoms with Crippen molar-refractivity contribution in [2.24, 2.45) is 0 Å². The molecule has 0 aliphatic heterocycles. The number of carboxylic acids is 1. The molecule has 0 bridgehead atoms. The fraction of sp³-hybridized carbons (Fsp3) is 0.300. The minimum Gasteiger partial charge on any atom is -0.508 e. The van der Waals surface area contributed by atoms with Gasteiger partial charge in [-0.25, -0.2) is 0 Å². The van der Waals surface area contributed by atoms with Crippen LogP contribution >= 0.6 is 23.5 Å². The van der Waals surface area contributed by atoms with E-state index in [9.17, 15) is 4.79 Å². The van der Waals surface area contributed by atoms with Crippen molar-refractivity contribution in [1.29, 1.82) is 0 Å². The lowest BCUT2D eigenvalue weighted by molar-refractivity contribution is -0.133. The maximum Gasteiger partial charge on any atom is 0.313 e. The first-order chi connectivity index (χ1) is 7.18. The molecular weight excluding hydrogens is 232 g/mol. The van der Waals surface area contributed by atoms with Gasteiger partial charge in [0, 0.05) is 16.4 Å². The Bertz CT molecular complexity index is 311. The number of aliphatic carboxylic acids is 1. The number of hydrogen-bond acceptors (Lipinski definition) is 4. The van der Waals surface area contributed by atoms with Gasteiger partial charge in [0.2, 0.25) is 0 Å². The zero-order valence-electron chi connectivity index (χ0n) is 8.05. The second kappa shape index (κ2) is 6.63. The molecule has 0 fully saturated rings. The van der Waals surface area contributed by atoms with Gasteiger partial charge in [0.05, 0.1) is 5.75 Å². The molecule has 15 heavy (non-hydrogen) atoms. The fourth-order valence-corrected chi connectivity index (χ4v) is 2.61. The fourth-order valence-electron chi connectivity index (χ4n) is 0.920. The first-order valence-electron chi connectivity index (χ1n) is 4.40. The third-order valence-electron chi connectivity index (χ3n) is 1.56. The van der Waals surface area contributed by atoms with Gasteiger partial charge in [-0.15, -0.1) is 23.5 Å². The number of aromatic hydroxyl groups is 1. The molecule has 5 heteroatoms. The van der Waals surface area contributed by atoms with E-state index in [0.717, 1.165) is 16.4 Å². The maximum atomic E-state index is 10.2. The van der Waals surface area contributed by atoms with E-state index < -0.39 is 5.97 Å². The molecule has 3 nitrogen and oxygen atoms in total. The van der Waals surface area contributed by atoms with Crippen LogP contribution in [0.15, 0.2) is 29.2 Å². The summed E-state index contributed by atoms with van der Waals surface area (Å²) in [5.41, 5.74) is 0. The van der Waals surface area contributed by atoms with Crippen LogP contribution in [0.2, 0.25) is 0 Å². The zero-order valence-corrected chi connectivity index (χ0v) is 9.68. The summed E-state index contributed by atoms with van der Waals surface area (Å²) in [5.74, 6) is 1.35. The number of phenolic OH excluding ortho intramolecular Hbond substituents is 1. The summed E-state index contributed by atoms with van der Waals surface area (Å²) < 4.78 is 0. The van der Waals surface area contributed by atoms with Gasteiger partial charge in [0.1, 0.15) is 5.75 Å². The molecule has 0 aromatic heterocycles. The third kappa shape index (κ3) is 5.59. The van der Waals surface area contributed by atoms with Gasteiger partial charge in [0.25, 0.3) is 0 Å². The van der Waals surface area contributed by atoms with E-state index in [-0.39, 0.29) is 11.5 Å². The molecule has 0 saturated heterocycles. The number of carboxylic acid groups (broad SMARTS) is 1. The smallest absolute Gasteiger partial charge is 0.313 e. The quantitative estimate of drug-likeness (QED) is 0.594. The van der Waals surface area contributed by atoms with Crippen molar-refractivity contribution in [2.75, 3.05) is 17.3 Å². The summed E-state index contributed by atoms with van der Waals surface area (Å²) in [6, 6.07) is 6.99. The van der Waals surface area contributed by atoms with E-state index in [2.05, 4.69) is 0 Å². The Kier molecular flexibility index (Phi) is 5.42. The lowest BCUT2D eigenvalue weighted by Crippen LogP contribution is -1.99. The van der Waals surface area contributed by atoms with Gasteiger partial charge in [-0.05, 0) is 24.3 Å². The topological polar surface area (TPSA) is 57.5 Å². The van der Waals surface area contributed by atoms with E-state index in [1.54, 1.807) is 23.9 Å². The van der Waals surface area contributed by atoms with Gasteiger partial charge in [-0.2, -0.15) is 0 Å². The molecule has 0 aliphatic rings. The van der Waals surface area contributed by atoms with E-state index in [4.69, 9.17) is 10.2 Å². The summed E-state index contributed by atoms with van der Waals surface area (Å²) in [7, 11) is 0. The molecule has 0 saturated carbocycles. The Morgan fingerprint density at radius 1 is 1.20 bits per heavy atom. The number of carbonyl (C=O) groups is 1. The van der Waals surface area contributed by atoms with Crippen molar-refractivity contribution in [3.63, 3.8) is 0 Å². The number of rotatable bonds is 6. The van der Waals surface area contributed by atoms with Crippen LogP contribution in [0.3, 0.4) is 0 Å². The van der Waals surface area contributed by atoms with Crippen molar-refractivity contribution in [2.45, 2.75) is 4.90 Å². The van der Waals surface area contributed by atoms with Crippen LogP contribution in [0.5, 0.6) is 5.75 Å². The summed E-state index contributed by atoms with van der Waals surface area (Å²) >= 11 is 3.07. The van der Waals surface area contributed by atoms with Crippen molar-refractivity contribution < 1.29 is 15.0 Å². The summed E-state index contributed by atoms with van der Waals surface area (Å²) in [6.07, 6.45) is 0. The maximum absolute atomic E-state index is 10.2. The van der Waals surface area contributed by atoms with Gasteiger partial charge >= 0.3 is 5.97 Å². The SMILES string of the molecule is O=C(O)CSCCSc1ccc(O)cc1.